The Morgan fingerprint density at radius 3 is 2.76 bits per heavy atom. The summed E-state index contributed by atoms with van der Waals surface area (Å²) >= 11 is 0. The van der Waals surface area contributed by atoms with Gasteiger partial charge in [-0.3, -0.25) is 4.79 Å². The normalized spacial score (nSPS) is 11.8. The summed E-state index contributed by atoms with van der Waals surface area (Å²) in [6.45, 7) is 4.83. The Morgan fingerprint density at radius 2 is 2.14 bits per heavy atom. The third kappa shape index (κ3) is 5.63. The maximum atomic E-state index is 11.7. The van der Waals surface area contributed by atoms with Crippen LogP contribution in [-0.4, -0.2) is 33.2 Å². The van der Waals surface area contributed by atoms with Crippen molar-refractivity contribution in [2.75, 3.05) is 27.3 Å². The number of methoxy groups -OCH3 is 1. The van der Waals surface area contributed by atoms with E-state index in [-0.39, 0.29) is 18.6 Å². The molecular weight excluding hydrogens is 268 g/mol. The molecule has 1 aromatic rings. The molecular formula is C16H26N2O3. The van der Waals surface area contributed by atoms with E-state index in [2.05, 4.69) is 17.6 Å². The number of carbonyl (C=O) groups is 1. The van der Waals surface area contributed by atoms with Gasteiger partial charge in [-0.25, -0.2) is 0 Å². The van der Waals surface area contributed by atoms with E-state index in [1.54, 1.807) is 7.11 Å². The second-order valence-electron chi connectivity index (χ2n) is 4.91. The van der Waals surface area contributed by atoms with E-state index in [1.807, 2.05) is 32.2 Å². The lowest BCUT2D eigenvalue weighted by Gasteiger charge is -2.17. The quantitative estimate of drug-likeness (QED) is 0.686. The Labute approximate surface area is 127 Å². The number of rotatable bonds is 9. The van der Waals surface area contributed by atoms with E-state index in [0.29, 0.717) is 18.0 Å². The van der Waals surface area contributed by atoms with Crippen LogP contribution in [0.15, 0.2) is 18.2 Å². The number of hydrogen-bond donors (Lipinski definition) is 2. The smallest absolute Gasteiger partial charge is 0.257 e. The SMILES string of the molecule is CCCCNC(=O)COc1cc(OC)ccc1C(C)NC. The minimum atomic E-state index is -0.102. The highest BCUT2D eigenvalue weighted by Gasteiger charge is 2.12. The van der Waals surface area contributed by atoms with Gasteiger partial charge in [-0.2, -0.15) is 0 Å². The number of hydrogen-bond acceptors (Lipinski definition) is 4. The van der Waals surface area contributed by atoms with Crippen molar-refractivity contribution < 1.29 is 14.3 Å². The summed E-state index contributed by atoms with van der Waals surface area (Å²) < 4.78 is 10.9. The van der Waals surface area contributed by atoms with Gasteiger partial charge in [0.15, 0.2) is 6.61 Å². The molecule has 5 nitrogen and oxygen atoms in total. The molecule has 0 saturated carbocycles. The lowest BCUT2D eigenvalue weighted by Crippen LogP contribution is -2.30. The molecule has 118 valence electrons. The van der Waals surface area contributed by atoms with Gasteiger partial charge in [0.25, 0.3) is 5.91 Å². The van der Waals surface area contributed by atoms with Crippen LogP contribution in [0.1, 0.15) is 38.3 Å². The summed E-state index contributed by atoms with van der Waals surface area (Å²) in [5, 5.41) is 6.00. The monoisotopic (exact) mass is 294 g/mol. The van der Waals surface area contributed by atoms with Crippen molar-refractivity contribution in [3.63, 3.8) is 0 Å². The van der Waals surface area contributed by atoms with Crippen LogP contribution in [0.3, 0.4) is 0 Å². The molecule has 0 fully saturated rings. The summed E-state index contributed by atoms with van der Waals surface area (Å²) in [4.78, 5) is 11.7. The molecule has 5 heteroatoms. The third-order valence-corrected chi connectivity index (χ3v) is 3.33. The van der Waals surface area contributed by atoms with Crippen molar-refractivity contribution in [2.24, 2.45) is 0 Å². The lowest BCUT2D eigenvalue weighted by atomic mass is 10.1. The highest BCUT2D eigenvalue weighted by molar-refractivity contribution is 5.77. The van der Waals surface area contributed by atoms with Crippen LogP contribution in [0.2, 0.25) is 0 Å². The highest BCUT2D eigenvalue weighted by atomic mass is 16.5. The van der Waals surface area contributed by atoms with Gasteiger partial charge in [-0.1, -0.05) is 19.4 Å². The van der Waals surface area contributed by atoms with Crippen LogP contribution in [-0.2, 0) is 4.79 Å². The van der Waals surface area contributed by atoms with Gasteiger partial charge in [-0.05, 0) is 26.5 Å². The van der Waals surface area contributed by atoms with E-state index in [1.165, 1.54) is 0 Å². The van der Waals surface area contributed by atoms with Crippen LogP contribution in [0.25, 0.3) is 0 Å². The van der Waals surface area contributed by atoms with Crippen molar-refractivity contribution in [3.8, 4) is 11.5 Å². The van der Waals surface area contributed by atoms with Gasteiger partial charge < -0.3 is 20.1 Å². The molecule has 1 rings (SSSR count). The number of benzene rings is 1. The minimum absolute atomic E-state index is 0.0142. The molecule has 0 spiro atoms. The molecule has 1 aromatic carbocycles. The van der Waals surface area contributed by atoms with Gasteiger partial charge >= 0.3 is 0 Å². The van der Waals surface area contributed by atoms with Gasteiger partial charge in [0.1, 0.15) is 11.5 Å². The maximum absolute atomic E-state index is 11.7. The molecule has 0 aromatic heterocycles. The third-order valence-electron chi connectivity index (χ3n) is 3.33. The van der Waals surface area contributed by atoms with Crippen LogP contribution >= 0.6 is 0 Å². The average molecular weight is 294 g/mol. The van der Waals surface area contributed by atoms with Crippen molar-refractivity contribution in [1.82, 2.24) is 10.6 Å². The van der Waals surface area contributed by atoms with E-state index >= 15 is 0 Å². The van der Waals surface area contributed by atoms with E-state index in [4.69, 9.17) is 9.47 Å². The predicted molar refractivity (Wildman–Crippen MR) is 83.9 cm³/mol. The number of carbonyl (C=O) groups excluding carboxylic acids is 1. The molecule has 0 saturated heterocycles. The van der Waals surface area contributed by atoms with Gasteiger partial charge in [0.2, 0.25) is 0 Å². The van der Waals surface area contributed by atoms with Crippen molar-refractivity contribution in [3.05, 3.63) is 23.8 Å². The van der Waals surface area contributed by atoms with Crippen molar-refractivity contribution in [2.45, 2.75) is 32.7 Å². The van der Waals surface area contributed by atoms with Gasteiger partial charge in [0, 0.05) is 24.2 Å². The molecule has 2 N–H and O–H groups in total. The molecule has 0 aliphatic heterocycles. The number of amides is 1. The summed E-state index contributed by atoms with van der Waals surface area (Å²) in [5.74, 6) is 1.28. The van der Waals surface area contributed by atoms with Gasteiger partial charge in [-0.15, -0.1) is 0 Å². The second kappa shape index (κ2) is 9.23. The van der Waals surface area contributed by atoms with E-state index in [9.17, 15) is 4.79 Å². The first-order chi connectivity index (χ1) is 10.1. The van der Waals surface area contributed by atoms with Crippen LogP contribution in [0, 0.1) is 0 Å². The minimum Gasteiger partial charge on any atom is -0.497 e. The summed E-state index contributed by atoms with van der Waals surface area (Å²) in [5.41, 5.74) is 1.000. The largest absolute Gasteiger partial charge is 0.497 e. The first kappa shape index (κ1) is 17.3. The molecule has 1 atom stereocenters. The van der Waals surface area contributed by atoms with Crippen molar-refractivity contribution in [1.29, 1.82) is 0 Å². The summed E-state index contributed by atoms with van der Waals surface area (Å²) in [6.07, 6.45) is 2.04. The summed E-state index contributed by atoms with van der Waals surface area (Å²) in [7, 11) is 3.49. The van der Waals surface area contributed by atoms with Crippen LogP contribution in [0.4, 0.5) is 0 Å². The molecule has 0 radical (unpaired) electrons. The number of unbranched alkanes of at least 4 members (excludes halogenated alkanes) is 1. The zero-order valence-corrected chi connectivity index (χ0v) is 13.4. The Bertz CT molecular complexity index is 449. The molecule has 1 amide bonds. The zero-order chi connectivity index (χ0) is 15.7. The average Bonchev–Trinajstić information content (AvgIpc) is 2.52. The lowest BCUT2D eigenvalue weighted by molar-refractivity contribution is -0.123. The van der Waals surface area contributed by atoms with Crippen LogP contribution in [0.5, 0.6) is 11.5 Å². The topological polar surface area (TPSA) is 59.6 Å². The zero-order valence-electron chi connectivity index (χ0n) is 13.4. The number of ether oxygens (including phenoxy) is 2. The second-order valence-corrected chi connectivity index (χ2v) is 4.91. The van der Waals surface area contributed by atoms with Crippen LogP contribution < -0.4 is 20.1 Å². The molecule has 0 heterocycles. The van der Waals surface area contributed by atoms with Gasteiger partial charge in [0.05, 0.1) is 7.11 Å². The fraction of sp³-hybridized carbons (Fsp3) is 0.562. The Balaban J connectivity index is 2.69. The first-order valence-corrected chi connectivity index (χ1v) is 7.37. The number of nitrogens with one attached hydrogen (secondary N) is 2. The predicted octanol–water partition coefficient (Wildman–Crippen LogP) is 2.27. The maximum Gasteiger partial charge on any atom is 0.257 e. The standard InChI is InChI=1S/C16H26N2O3/c1-5-6-9-18-16(19)11-21-15-10-13(20-4)7-8-14(15)12(2)17-3/h7-8,10,12,17H,5-6,9,11H2,1-4H3,(H,18,19). The van der Waals surface area contributed by atoms with E-state index < -0.39 is 0 Å². The van der Waals surface area contributed by atoms with E-state index in [0.717, 1.165) is 18.4 Å². The molecule has 1 unspecified atom stereocenters. The van der Waals surface area contributed by atoms with Crippen molar-refractivity contribution >= 4 is 5.91 Å². The summed E-state index contributed by atoms with van der Waals surface area (Å²) in [6, 6.07) is 5.78. The Morgan fingerprint density at radius 1 is 1.38 bits per heavy atom. The molecule has 0 bridgehead atoms. The highest BCUT2D eigenvalue weighted by Crippen LogP contribution is 2.29. The molecule has 0 aliphatic carbocycles. The first-order valence-electron chi connectivity index (χ1n) is 7.37. The Hall–Kier alpha value is -1.75. The Kier molecular flexibility index (Phi) is 7.61. The molecule has 21 heavy (non-hydrogen) atoms. The fourth-order valence-electron chi connectivity index (χ4n) is 1.88. The molecule has 0 aliphatic rings. The fourth-order valence-corrected chi connectivity index (χ4v) is 1.88.